The normalized spacial score (nSPS) is 14.6. The van der Waals surface area contributed by atoms with E-state index in [9.17, 15) is 14.4 Å². The molecule has 0 bridgehead atoms. The van der Waals surface area contributed by atoms with Gasteiger partial charge in [-0.15, -0.1) is 11.8 Å². The molecule has 9 nitrogen and oxygen atoms in total. The van der Waals surface area contributed by atoms with Crippen LogP contribution >= 0.6 is 23.4 Å². The Labute approximate surface area is 224 Å². The van der Waals surface area contributed by atoms with E-state index < -0.39 is 6.04 Å². The number of nitrogens with zero attached hydrogens (tertiary/aromatic N) is 2. The Hall–Kier alpha value is -3.24. The minimum atomic E-state index is -1.03. The molecule has 3 amide bonds. The van der Waals surface area contributed by atoms with Crippen LogP contribution in [0.1, 0.15) is 49.7 Å². The molecule has 0 radical (unpaired) electrons. The van der Waals surface area contributed by atoms with E-state index in [2.05, 4.69) is 15.8 Å². The van der Waals surface area contributed by atoms with Crippen molar-refractivity contribution in [2.24, 2.45) is 0 Å². The van der Waals surface area contributed by atoms with Gasteiger partial charge in [-0.1, -0.05) is 42.1 Å². The van der Waals surface area contributed by atoms with E-state index in [-0.39, 0.29) is 35.3 Å². The molecule has 1 fully saturated rings. The number of thioether (sulfide) groups is 1. The highest BCUT2D eigenvalue weighted by atomic mass is 35.5. The van der Waals surface area contributed by atoms with Crippen molar-refractivity contribution in [1.82, 2.24) is 10.5 Å². The second-order valence-electron chi connectivity index (χ2n) is 8.87. The van der Waals surface area contributed by atoms with Crippen molar-refractivity contribution >= 4 is 52.6 Å². The van der Waals surface area contributed by atoms with Gasteiger partial charge in [0.15, 0.2) is 11.9 Å². The minimum Gasteiger partial charge on any atom is -0.467 e. The number of carbonyl (C=O) groups is 3. The van der Waals surface area contributed by atoms with Crippen molar-refractivity contribution in [2.45, 2.75) is 51.1 Å². The molecule has 11 heteroatoms. The maximum Gasteiger partial charge on any atom is 0.251 e. The second kappa shape index (κ2) is 12.8. The van der Waals surface area contributed by atoms with Crippen molar-refractivity contribution in [3.8, 4) is 0 Å². The Morgan fingerprint density at radius 3 is 2.62 bits per heavy atom. The summed E-state index contributed by atoms with van der Waals surface area (Å²) < 4.78 is 10.6. The SMILES string of the molecule is Cc1cc(NC(=O)CSCC(=O)N(c2cccc(Cl)c2)[C@@H](C(=O)NC2CCCCC2)c2ccco2)no1. The van der Waals surface area contributed by atoms with Crippen LogP contribution in [0.25, 0.3) is 0 Å². The fraction of sp³-hybridized carbons (Fsp3) is 0.385. The zero-order valence-corrected chi connectivity index (χ0v) is 22.0. The molecule has 1 aromatic carbocycles. The standard InChI is InChI=1S/C26H29ClN4O5S/c1-17-13-22(30-36-17)29-23(32)15-37-16-24(33)31(20-10-5-7-18(27)14-20)25(21-11-6-12-35-21)26(34)28-19-8-3-2-4-9-19/h5-7,10-14,19,25H,2-4,8-9,15-16H2,1H3,(H,28,34)(H,29,30,32)/t25-/m1/s1. The van der Waals surface area contributed by atoms with Gasteiger partial charge in [0.2, 0.25) is 11.8 Å². The van der Waals surface area contributed by atoms with E-state index in [4.69, 9.17) is 20.5 Å². The van der Waals surface area contributed by atoms with Gasteiger partial charge in [-0.25, -0.2) is 0 Å². The van der Waals surface area contributed by atoms with E-state index in [1.165, 1.54) is 11.2 Å². The number of amides is 3. The summed E-state index contributed by atoms with van der Waals surface area (Å²) in [4.78, 5) is 40.9. The largest absolute Gasteiger partial charge is 0.467 e. The number of nitrogens with one attached hydrogen (secondary N) is 2. The third-order valence-corrected chi connectivity index (χ3v) is 7.13. The van der Waals surface area contributed by atoms with Gasteiger partial charge in [0.25, 0.3) is 5.91 Å². The van der Waals surface area contributed by atoms with Crippen LogP contribution in [-0.2, 0) is 14.4 Å². The zero-order valence-electron chi connectivity index (χ0n) is 20.4. The Balaban J connectivity index is 1.52. The molecule has 1 saturated carbocycles. The predicted octanol–water partition coefficient (Wildman–Crippen LogP) is 5.12. The fourth-order valence-corrected chi connectivity index (χ4v) is 5.17. The molecule has 0 spiro atoms. The van der Waals surface area contributed by atoms with Crippen molar-refractivity contribution in [3.63, 3.8) is 0 Å². The number of rotatable bonds is 10. The molecule has 1 atom stereocenters. The van der Waals surface area contributed by atoms with Gasteiger partial charge < -0.3 is 19.6 Å². The molecule has 0 saturated heterocycles. The first-order valence-corrected chi connectivity index (χ1v) is 13.7. The van der Waals surface area contributed by atoms with Crippen LogP contribution in [0.15, 0.2) is 57.7 Å². The van der Waals surface area contributed by atoms with Gasteiger partial charge in [0, 0.05) is 22.8 Å². The number of hydrogen-bond donors (Lipinski definition) is 2. The first kappa shape index (κ1) is 26.8. The van der Waals surface area contributed by atoms with E-state index in [0.29, 0.717) is 28.0 Å². The first-order valence-electron chi connectivity index (χ1n) is 12.1. The maximum absolute atomic E-state index is 13.6. The van der Waals surface area contributed by atoms with E-state index in [1.54, 1.807) is 49.4 Å². The molecule has 2 heterocycles. The van der Waals surface area contributed by atoms with E-state index in [0.717, 1.165) is 43.9 Å². The molecule has 1 aliphatic rings. The number of halogens is 1. The summed E-state index contributed by atoms with van der Waals surface area (Å²) in [6, 6.07) is 10.7. The Morgan fingerprint density at radius 1 is 1.14 bits per heavy atom. The van der Waals surface area contributed by atoms with Gasteiger partial charge >= 0.3 is 0 Å². The van der Waals surface area contributed by atoms with Crippen molar-refractivity contribution in [2.75, 3.05) is 21.7 Å². The zero-order chi connectivity index (χ0) is 26.2. The number of aryl methyl sites for hydroxylation is 1. The average Bonchev–Trinajstić information content (AvgIpc) is 3.54. The van der Waals surface area contributed by atoms with Gasteiger partial charge in [0.1, 0.15) is 11.5 Å². The third-order valence-electron chi connectivity index (χ3n) is 5.98. The van der Waals surface area contributed by atoms with Crippen LogP contribution in [0, 0.1) is 6.92 Å². The second-order valence-corrected chi connectivity index (χ2v) is 10.3. The molecule has 0 unspecified atom stereocenters. The third kappa shape index (κ3) is 7.39. The number of furan rings is 1. The molecule has 2 N–H and O–H groups in total. The first-order chi connectivity index (χ1) is 17.9. The van der Waals surface area contributed by atoms with E-state index >= 15 is 0 Å². The van der Waals surface area contributed by atoms with E-state index in [1.807, 2.05) is 0 Å². The number of aromatic nitrogens is 1. The van der Waals surface area contributed by atoms with Crippen LogP contribution in [0.2, 0.25) is 5.02 Å². The molecule has 1 aliphatic carbocycles. The molecular formula is C26H29ClN4O5S. The molecule has 2 aromatic heterocycles. The number of carbonyl (C=O) groups excluding carboxylic acids is 3. The molecular weight excluding hydrogens is 516 g/mol. The highest BCUT2D eigenvalue weighted by Gasteiger charge is 2.36. The summed E-state index contributed by atoms with van der Waals surface area (Å²) in [7, 11) is 0. The van der Waals surface area contributed by atoms with Crippen LogP contribution in [-0.4, -0.2) is 40.4 Å². The van der Waals surface area contributed by atoms with Gasteiger partial charge in [-0.05, 0) is 50.1 Å². The summed E-state index contributed by atoms with van der Waals surface area (Å²) in [6.45, 7) is 1.72. The highest BCUT2D eigenvalue weighted by molar-refractivity contribution is 8.00. The lowest BCUT2D eigenvalue weighted by Crippen LogP contribution is -2.47. The summed E-state index contributed by atoms with van der Waals surface area (Å²) in [6.07, 6.45) is 6.54. The highest BCUT2D eigenvalue weighted by Crippen LogP contribution is 2.31. The minimum absolute atomic E-state index is 0.0146. The monoisotopic (exact) mass is 544 g/mol. The smallest absolute Gasteiger partial charge is 0.251 e. The van der Waals surface area contributed by atoms with Crippen molar-refractivity contribution in [1.29, 1.82) is 0 Å². The van der Waals surface area contributed by atoms with Gasteiger partial charge in [-0.3, -0.25) is 19.3 Å². The maximum atomic E-state index is 13.6. The van der Waals surface area contributed by atoms with Crippen LogP contribution in [0.5, 0.6) is 0 Å². The number of benzene rings is 1. The summed E-state index contributed by atoms with van der Waals surface area (Å²) in [5, 5.41) is 9.91. The lowest BCUT2D eigenvalue weighted by atomic mass is 9.95. The lowest BCUT2D eigenvalue weighted by molar-refractivity contribution is -0.127. The van der Waals surface area contributed by atoms with Gasteiger partial charge in [0.05, 0.1) is 17.8 Å². The quantitative estimate of drug-likeness (QED) is 0.363. The average molecular weight is 545 g/mol. The van der Waals surface area contributed by atoms with Crippen LogP contribution in [0.4, 0.5) is 11.5 Å². The topological polar surface area (TPSA) is 118 Å². The summed E-state index contributed by atoms with van der Waals surface area (Å²) in [5.41, 5.74) is 0.459. The molecule has 0 aliphatic heterocycles. The van der Waals surface area contributed by atoms with Gasteiger partial charge in [-0.2, -0.15) is 0 Å². The molecule has 196 valence electrons. The Bertz CT molecular complexity index is 1210. The van der Waals surface area contributed by atoms with Crippen LogP contribution < -0.4 is 15.5 Å². The predicted molar refractivity (Wildman–Crippen MR) is 143 cm³/mol. The Kier molecular flexibility index (Phi) is 9.29. The van der Waals surface area contributed by atoms with Crippen molar-refractivity contribution in [3.05, 3.63) is 65.3 Å². The molecule has 3 aromatic rings. The molecule has 37 heavy (non-hydrogen) atoms. The lowest BCUT2D eigenvalue weighted by Gasteiger charge is -2.32. The number of anilines is 2. The Morgan fingerprint density at radius 2 is 1.95 bits per heavy atom. The van der Waals surface area contributed by atoms with Crippen LogP contribution in [0.3, 0.4) is 0 Å². The van der Waals surface area contributed by atoms with Crippen molar-refractivity contribution < 1.29 is 23.3 Å². The fourth-order valence-electron chi connectivity index (χ4n) is 4.32. The summed E-state index contributed by atoms with van der Waals surface area (Å²) >= 11 is 7.38. The number of hydrogen-bond acceptors (Lipinski definition) is 7. The summed E-state index contributed by atoms with van der Waals surface area (Å²) in [5.74, 6) is 0.186. The molecule has 4 rings (SSSR count).